The summed E-state index contributed by atoms with van der Waals surface area (Å²) in [7, 11) is -3.79. The summed E-state index contributed by atoms with van der Waals surface area (Å²) >= 11 is 0. The number of fused-ring (bicyclic) bond motifs is 1. The van der Waals surface area contributed by atoms with Crippen LogP contribution in [0.15, 0.2) is 33.6 Å². The van der Waals surface area contributed by atoms with Gasteiger partial charge >= 0.3 is 0 Å². The highest BCUT2D eigenvalue weighted by atomic mass is 32.2. The Bertz CT molecular complexity index is 1100. The number of carbonyl (C=O) groups is 1. The number of hydrogen-bond acceptors (Lipinski definition) is 6. The molecule has 1 aromatic carbocycles. The van der Waals surface area contributed by atoms with Crippen molar-refractivity contribution in [2.75, 3.05) is 13.1 Å². The predicted octanol–water partition coefficient (Wildman–Crippen LogP) is 3.34. The van der Waals surface area contributed by atoms with Crippen molar-refractivity contribution in [3.05, 3.63) is 29.8 Å². The van der Waals surface area contributed by atoms with Crippen LogP contribution in [0.25, 0.3) is 0 Å². The van der Waals surface area contributed by atoms with Crippen LogP contribution in [0.3, 0.4) is 0 Å². The van der Waals surface area contributed by atoms with E-state index >= 15 is 0 Å². The molecular weight excluding hydrogens is 462 g/mol. The molecule has 2 atom stereocenters. The highest BCUT2D eigenvalue weighted by Gasteiger charge is 2.43. The smallest absolute Gasteiger partial charge is 0.285 e. The SMILES string of the molecule is CCC(CC)N1CCC(C#N)(NC(=O)C(CC2CCCCC2)NC2=NS(=O)(=O)c3ccccc32)C1. The van der Waals surface area contributed by atoms with Crippen molar-refractivity contribution < 1.29 is 13.2 Å². The van der Waals surface area contributed by atoms with E-state index in [2.05, 4.69) is 39.8 Å². The minimum Gasteiger partial charge on any atom is -0.357 e. The molecule has 35 heavy (non-hydrogen) atoms. The lowest BCUT2D eigenvalue weighted by Crippen LogP contribution is -2.57. The van der Waals surface area contributed by atoms with Crippen LogP contribution < -0.4 is 10.6 Å². The molecule has 4 rings (SSSR count). The topological polar surface area (TPSA) is 115 Å². The van der Waals surface area contributed by atoms with Gasteiger partial charge in [0, 0.05) is 24.7 Å². The Labute approximate surface area is 209 Å². The van der Waals surface area contributed by atoms with Crippen molar-refractivity contribution in [2.24, 2.45) is 10.3 Å². The number of amidine groups is 1. The van der Waals surface area contributed by atoms with Gasteiger partial charge in [-0.15, -0.1) is 4.40 Å². The highest BCUT2D eigenvalue weighted by molar-refractivity contribution is 7.90. The molecular formula is C26H37N5O3S. The molecule has 2 fully saturated rings. The molecule has 190 valence electrons. The summed E-state index contributed by atoms with van der Waals surface area (Å²) in [6.07, 6.45) is 8.79. The standard InChI is InChI=1S/C26H37N5O3S/c1-3-20(4-2)31-15-14-26(17-27,18-31)29-25(32)22(16-19-10-6-5-7-11-19)28-24-21-12-8-9-13-23(21)35(33,34)30-24/h8-9,12-13,19-20,22H,3-7,10-11,14-16,18H2,1-2H3,(H,28,30)(H,29,32). The van der Waals surface area contributed by atoms with Gasteiger partial charge in [-0.05, 0) is 43.7 Å². The van der Waals surface area contributed by atoms with Crippen LogP contribution in [0, 0.1) is 17.2 Å². The molecule has 3 aliphatic rings. The molecule has 0 aromatic heterocycles. The third-order valence-corrected chi connectivity index (χ3v) is 9.22. The van der Waals surface area contributed by atoms with Crippen LogP contribution in [-0.4, -0.2) is 55.8 Å². The number of hydrogen-bond donors (Lipinski definition) is 2. The first-order valence-electron chi connectivity index (χ1n) is 13.0. The molecule has 0 bridgehead atoms. The zero-order valence-electron chi connectivity index (χ0n) is 20.8. The predicted molar refractivity (Wildman–Crippen MR) is 135 cm³/mol. The van der Waals surface area contributed by atoms with E-state index in [-0.39, 0.29) is 16.6 Å². The minimum absolute atomic E-state index is 0.157. The molecule has 1 aliphatic carbocycles. The summed E-state index contributed by atoms with van der Waals surface area (Å²) in [6.45, 7) is 5.59. The van der Waals surface area contributed by atoms with E-state index in [1.807, 2.05) is 0 Å². The van der Waals surface area contributed by atoms with Gasteiger partial charge in [0.05, 0.1) is 6.07 Å². The number of sulfonamides is 1. The first-order valence-corrected chi connectivity index (χ1v) is 14.4. The normalized spacial score (nSPS) is 25.0. The fraction of sp³-hybridized carbons (Fsp3) is 0.654. The van der Waals surface area contributed by atoms with Crippen molar-refractivity contribution in [1.82, 2.24) is 15.5 Å². The Morgan fingerprint density at radius 3 is 2.63 bits per heavy atom. The van der Waals surface area contributed by atoms with Gasteiger partial charge in [-0.1, -0.05) is 58.1 Å². The maximum atomic E-state index is 13.7. The molecule has 1 saturated carbocycles. The molecule has 9 heteroatoms. The molecule has 2 unspecified atom stereocenters. The second-order valence-electron chi connectivity index (χ2n) is 10.2. The van der Waals surface area contributed by atoms with Gasteiger partial charge in [-0.25, -0.2) is 0 Å². The lowest BCUT2D eigenvalue weighted by molar-refractivity contribution is -0.124. The van der Waals surface area contributed by atoms with Crippen LogP contribution >= 0.6 is 0 Å². The molecule has 0 spiro atoms. The van der Waals surface area contributed by atoms with Crippen LogP contribution in [0.2, 0.25) is 0 Å². The number of amides is 1. The number of likely N-dealkylation sites (tertiary alicyclic amines) is 1. The van der Waals surface area contributed by atoms with Crippen LogP contribution in [0.1, 0.15) is 77.2 Å². The summed E-state index contributed by atoms with van der Waals surface area (Å²) in [4.78, 5) is 16.1. The zero-order valence-corrected chi connectivity index (χ0v) is 21.6. The lowest BCUT2D eigenvalue weighted by atomic mass is 9.84. The number of nitrogens with one attached hydrogen (secondary N) is 2. The number of benzene rings is 1. The van der Waals surface area contributed by atoms with Gasteiger partial charge in [0.15, 0.2) is 0 Å². The maximum Gasteiger partial charge on any atom is 0.285 e. The van der Waals surface area contributed by atoms with Crippen LogP contribution in [-0.2, 0) is 14.8 Å². The number of carbonyl (C=O) groups excluding carboxylic acids is 1. The summed E-state index contributed by atoms with van der Waals surface area (Å²) in [5.41, 5.74) is -0.446. The minimum atomic E-state index is -3.79. The Balaban J connectivity index is 1.55. The zero-order chi connectivity index (χ0) is 25.1. The summed E-state index contributed by atoms with van der Waals surface area (Å²) in [5, 5.41) is 16.3. The fourth-order valence-electron chi connectivity index (χ4n) is 5.86. The van der Waals surface area contributed by atoms with Gasteiger partial charge in [-0.3, -0.25) is 9.69 Å². The highest BCUT2D eigenvalue weighted by Crippen LogP contribution is 2.30. The third-order valence-electron chi connectivity index (χ3n) is 7.89. The van der Waals surface area contributed by atoms with E-state index in [9.17, 15) is 18.5 Å². The summed E-state index contributed by atoms with van der Waals surface area (Å²) in [6, 6.07) is 8.81. The Kier molecular flexibility index (Phi) is 7.82. The van der Waals surface area contributed by atoms with Gasteiger partial charge in [0.1, 0.15) is 22.3 Å². The number of rotatable bonds is 8. The quantitative estimate of drug-likeness (QED) is 0.567. The van der Waals surface area contributed by atoms with E-state index in [1.165, 1.54) is 12.5 Å². The van der Waals surface area contributed by atoms with E-state index in [4.69, 9.17) is 0 Å². The third kappa shape index (κ3) is 5.54. The molecule has 1 aromatic rings. The van der Waals surface area contributed by atoms with Crippen LogP contribution in [0.4, 0.5) is 0 Å². The fourth-order valence-corrected chi connectivity index (χ4v) is 7.05. The van der Waals surface area contributed by atoms with E-state index in [0.717, 1.165) is 45.1 Å². The molecule has 2 heterocycles. The largest absolute Gasteiger partial charge is 0.357 e. The average molecular weight is 500 g/mol. The first kappa shape index (κ1) is 25.6. The first-order chi connectivity index (χ1) is 16.8. The van der Waals surface area contributed by atoms with Crippen molar-refractivity contribution in [2.45, 2.75) is 94.2 Å². The molecule has 2 aliphatic heterocycles. The molecule has 2 N–H and O–H groups in total. The number of nitrogens with zero attached hydrogens (tertiary/aromatic N) is 3. The monoisotopic (exact) mass is 499 g/mol. The van der Waals surface area contributed by atoms with Gasteiger partial charge < -0.3 is 10.6 Å². The Morgan fingerprint density at radius 1 is 1.23 bits per heavy atom. The number of nitriles is 1. The summed E-state index contributed by atoms with van der Waals surface area (Å²) < 4.78 is 29.1. The van der Waals surface area contributed by atoms with E-state index < -0.39 is 21.6 Å². The van der Waals surface area contributed by atoms with Crippen molar-refractivity contribution in [1.29, 1.82) is 5.26 Å². The van der Waals surface area contributed by atoms with Gasteiger partial charge in [0.25, 0.3) is 10.0 Å². The second kappa shape index (κ2) is 10.7. The van der Waals surface area contributed by atoms with Gasteiger partial charge in [0.2, 0.25) is 5.91 Å². The van der Waals surface area contributed by atoms with Crippen LogP contribution in [0.5, 0.6) is 0 Å². The van der Waals surface area contributed by atoms with Crippen molar-refractivity contribution in [3.63, 3.8) is 0 Å². The second-order valence-corrected chi connectivity index (χ2v) is 11.8. The maximum absolute atomic E-state index is 13.7. The van der Waals surface area contributed by atoms with E-state index in [1.54, 1.807) is 18.2 Å². The molecule has 8 nitrogen and oxygen atoms in total. The van der Waals surface area contributed by atoms with Crippen molar-refractivity contribution >= 4 is 21.8 Å². The average Bonchev–Trinajstić information content (AvgIpc) is 3.39. The molecule has 1 saturated heterocycles. The van der Waals surface area contributed by atoms with E-state index in [0.29, 0.717) is 36.9 Å². The molecule has 1 amide bonds. The summed E-state index contributed by atoms with van der Waals surface area (Å²) in [5.74, 6) is 0.337. The Hall–Kier alpha value is -2.44. The molecule has 0 radical (unpaired) electrons. The lowest BCUT2D eigenvalue weighted by Gasteiger charge is -2.31. The van der Waals surface area contributed by atoms with Gasteiger partial charge in [-0.2, -0.15) is 13.7 Å². The van der Waals surface area contributed by atoms with Crippen molar-refractivity contribution in [3.8, 4) is 6.07 Å². The Morgan fingerprint density at radius 2 is 1.94 bits per heavy atom.